The number of hydrogen-bond donors (Lipinski definition) is 1. The first-order chi connectivity index (χ1) is 21.7. The van der Waals surface area contributed by atoms with Gasteiger partial charge in [0, 0.05) is 17.5 Å². The van der Waals surface area contributed by atoms with E-state index in [0.717, 1.165) is 48.6 Å². The molecule has 2 aliphatic heterocycles. The van der Waals surface area contributed by atoms with Gasteiger partial charge in [0.1, 0.15) is 18.2 Å². The van der Waals surface area contributed by atoms with Gasteiger partial charge in [0.05, 0.1) is 40.5 Å². The van der Waals surface area contributed by atoms with Crippen LogP contribution in [0.3, 0.4) is 0 Å². The van der Waals surface area contributed by atoms with Gasteiger partial charge in [-0.1, -0.05) is 60.7 Å². The Morgan fingerprint density at radius 2 is 1.76 bits per heavy atom. The van der Waals surface area contributed by atoms with Crippen LogP contribution in [0.1, 0.15) is 63.4 Å². The van der Waals surface area contributed by atoms with E-state index < -0.39 is 52.6 Å². The fourth-order valence-corrected chi connectivity index (χ4v) is 9.13. The summed E-state index contributed by atoms with van der Waals surface area (Å²) in [4.78, 5) is 59.6. The van der Waals surface area contributed by atoms with Crippen molar-refractivity contribution in [3.63, 3.8) is 0 Å². The van der Waals surface area contributed by atoms with Crippen molar-refractivity contribution in [2.24, 2.45) is 29.1 Å². The lowest BCUT2D eigenvalue weighted by Gasteiger charge is -2.49. The molecule has 10 heteroatoms. The van der Waals surface area contributed by atoms with Gasteiger partial charge in [-0.15, -0.1) is 0 Å². The van der Waals surface area contributed by atoms with Crippen molar-refractivity contribution in [1.82, 2.24) is 4.90 Å². The van der Waals surface area contributed by atoms with Gasteiger partial charge < -0.3 is 9.84 Å². The highest BCUT2D eigenvalue weighted by Crippen LogP contribution is 2.64. The molecule has 45 heavy (non-hydrogen) atoms. The summed E-state index contributed by atoms with van der Waals surface area (Å²) in [5.41, 5.74) is 0.442. The first-order valence-electron chi connectivity index (χ1n) is 15.9. The van der Waals surface area contributed by atoms with Gasteiger partial charge in [0.25, 0.3) is 0 Å². The molecule has 2 aromatic carbocycles. The van der Waals surface area contributed by atoms with Crippen molar-refractivity contribution in [2.45, 2.75) is 63.8 Å². The third-order valence-electron chi connectivity index (χ3n) is 11.0. The van der Waals surface area contributed by atoms with Crippen molar-refractivity contribution in [3.05, 3.63) is 70.5 Å². The maximum absolute atomic E-state index is 14.6. The van der Waals surface area contributed by atoms with Gasteiger partial charge in [-0.25, -0.2) is 9.29 Å². The summed E-state index contributed by atoms with van der Waals surface area (Å²) in [7, 11) is 0. The Balaban J connectivity index is 1.36. The van der Waals surface area contributed by atoms with E-state index in [1.54, 1.807) is 19.1 Å². The number of aliphatic hydroxyl groups excluding tert-OH is 1. The number of allylic oxidation sites excluding steroid dienone is 2. The zero-order chi connectivity index (χ0) is 31.6. The van der Waals surface area contributed by atoms with Crippen LogP contribution in [-0.2, 0) is 19.2 Å². The predicted molar refractivity (Wildman–Crippen MR) is 164 cm³/mol. The summed E-state index contributed by atoms with van der Waals surface area (Å²) in [5.74, 6) is -4.39. The molecule has 0 spiro atoms. The standard InChI is InChI=1S/C35H36ClFN2O6/c1-35-25(32(42)39(34(35)44)20-11-14-27(37)26(36)17-20)18-24-21(30(35)22-9-5-6-10-28(22)45-16-15-40)12-13-23-29(24)33(43)38(31(23)41)19-7-3-2-4-8-19/h5-6,9-12,14,17,19,23-25,29-30,40H,2-4,7-8,13,15-16,18H2,1H3/t23-,24+,25-,29-,30+,35+/m0/s1. The lowest BCUT2D eigenvalue weighted by Crippen LogP contribution is -2.49. The number of hydrogen-bond acceptors (Lipinski definition) is 6. The predicted octanol–water partition coefficient (Wildman–Crippen LogP) is 5.41. The number of imide groups is 2. The van der Waals surface area contributed by atoms with Crippen molar-refractivity contribution < 1.29 is 33.4 Å². The number of anilines is 1. The summed E-state index contributed by atoms with van der Waals surface area (Å²) in [6, 6.07) is 11.0. The number of para-hydroxylation sites is 1. The van der Waals surface area contributed by atoms with Crippen LogP contribution in [-0.4, -0.2) is 52.9 Å². The number of carbonyl (C=O) groups excluding carboxylic acids is 4. The molecule has 0 aromatic heterocycles. The second-order valence-corrected chi connectivity index (χ2v) is 13.6. The summed E-state index contributed by atoms with van der Waals surface area (Å²) < 4.78 is 20.1. The van der Waals surface area contributed by atoms with Crippen LogP contribution in [0, 0.1) is 34.9 Å². The normalized spacial score (nSPS) is 31.6. The van der Waals surface area contributed by atoms with Crippen molar-refractivity contribution in [1.29, 1.82) is 0 Å². The topological polar surface area (TPSA) is 104 Å². The Bertz CT molecular complexity index is 1620. The van der Waals surface area contributed by atoms with Gasteiger partial charge in [-0.05, 0) is 62.8 Å². The molecule has 0 bridgehead atoms. The second-order valence-electron chi connectivity index (χ2n) is 13.2. The molecular weight excluding hydrogens is 599 g/mol. The highest BCUT2D eigenvalue weighted by molar-refractivity contribution is 6.31. The maximum Gasteiger partial charge on any atom is 0.241 e. The zero-order valence-electron chi connectivity index (χ0n) is 25.1. The molecule has 3 aliphatic carbocycles. The number of benzene rings is 2. The van der Waals surface area contributed by atoms with E-state index in [0.29, 0.717) is 17.7 Å². The van der Waals surface area contributed by atoms with E-state index >= 15 is 0 Å². The Kier molecular flexibility index (Phi) is 7.60. The molecule has 0 radical (unpaired) electrons. The average molecular weight is 635 g/mol. The molecular formula is C35H36ClFN2O6. The maximum atomic E-state index is 14.6. The van der Waals surface area contributed by atoms with Crippen molar-refractivity contribution in [2.75, 3.05) is 18.1 Å². The Morgan fingerprint density at radius 3 is 2.49 bits per heavy atom. The molecule has 236 valence electrons. The molecule has 4 fully saturated rings. The van der Waals surface area contributed by atoms with Crippen LogP contribution >= 0.6 is 11.6 Å². The van der Waals surface area contributed by atoms with E-state index in [9.17, 15) is 28.7 Å². The third kappa shape index (κ3) is 4.48. The van der Waals surface area contributed by atoms with Crippen LogP contribution in [0.15, 0.2) is 54.1 Å². The Hall–Kier alpha value is -3.56. The number of nitrogens with zero attached hydrogens (tertiary/aromatic N) is 2. The largest absolute Gasteiger partial charge is 0.491 e. The minimum atomic E-state index is -1.28. The number of rotatable bonds is 6. The van der Waals surface area contributed by atoms with Crippen LogP contribution in [0.2, 0.25) is 5.02 Å². The first-order valence-corrected chi connectivity index (χ1v) is 16.3. The van der Waals surface area contributed by atoms with E-state index in [1.165, 1.54) is 17.0 Å². The Labute approximate surface area is 266 Å². The lowest BCUT2D eigenvalue weighted by molar-refractivity contribution is -0.144. The van der Waals surface area contributed by atoms with Gasteiger partial charge in [-0.2, -0.15) is 0 Å². The summed E-state index contributed by atoms with van der Waals surface area (Å²) in [5, 5.41) is 9.33. The van der Waals surface area contributed by atoms with Crippen LogP contribution in [0.4, 0.5) is 10.1 Å². The number of halogens is 2. The molecule has 2 heterocycles. The fourth-order valence-electron chi connectivity index (χ4n) is 8.96. The number of fused-ring (bicyclic) bond motifs is 4. The highest BCUT2D eigenvalue weighted by atomic mass is 35.5. The Morgan fingerprint density at radius 1 is 1.00 bits per heavy atom. The summed E-state index contributed by atoms with van der Waals surface area (Å²) in [6.07, 6.45) is 7.30. The minimum Gasteiger partial charge on any atom is -0.491 e. The molecule has 7 rings (SSSR count). The molecule has 2 saturated heterocycles. The average Bonchev–Trinajstić information content (AvgIpc) is 3.41. The highest BCUT2D eigenvalue weighted by Gasteiger charge is 2.68. The molecule has 5 aliphatic rings. The molecule has 8 nitrogen and oxygen atoms in total. The molecule has 1 N–H and O–H groups in total. The number of ether oxygens (including phenoxy) is 1. The van der Waals surface area contributed by atoms with Crippen LogP contribution in [0.25, 0.3) is 0 Å². The molecule has 4 amide bonds. The summed E-state index contributed by atoms with van der Waals surface area (Å²) in [6.45, 7) is 1.61. The van der Waals surface area contributed by atoms with E-state index in [1.807, 2.05) is 18.2 Å². The van der Waals surface area contributed by atoms with E-state index in [4.69, 9.17) is 16.3 Å². The zero-order valence-corrected chi connectivity index (χ0v) is 25.8. The van der Waals surface area contributed by atoms with Gasteiger partial charge in [0.15, 0.2) is 0 Å². The lowest BCUT2D eigenvalue weighted by atomic mass is 9.51. The van der Waals surface area contributed by atoms with Gasteiger partial charge in [-0.3, -0.25) is 24.1 Å². The van der Waals surface area contributed by atoms with Gasteiger partial charge >= 0.3 is 0 Å². The smallest absolute Gasteiger partial charge is 0.241 e. The fraction of sp³-hybridized carbons (Fsp3) is 0.486. The minimum absolute atomic E-state index is 0.0352. The van der Waals surface area contributed by atoms with Crippen LogP contribution in [0.5, 0.6) is 5.75 Å². The SMILES string of the molecule is C[C@@]12C(=O)N(c3ccc(F)c(Cl)c3)C(=O)[C@@H]1C[C@@H]1C(=CC[C@@H]3C(=O)N(C4CCCCC4)C(=O)[C@@H]31)[C@@H]2c1ccccc1OCCO. The number of carbonyl (C=O) groups is 4. The quantitative estimate of drug-likeness (QED) is 0.337. The molecule has 0 unspecified atom stereocenters. The third-order valence-corrected chi connectivity index (χ3v) is 11.3. The molecule has 6 atom stereocenters. The molecule has 2 saturated carbocycles. The monoisotopic (exact) mass is 634 g/mol. The number of amides is 4. The van der Waals surface area contributed by atoms with E-state index in [-0.39, 0.29) is 48.2 Å². The number of aliphatic hydroxyl groups is 1. The van der Waals surface area contributed by atoms with Crippen molar-refractivity contribution >= 4 is 40.9 Å². The summed E-state index contributed by atoms with van der Waals surface area (Å²) >= 11 is 6.09. The first kappa shape index (κ1) is 30.1. The molecule has 2 aromatic rings. The van der Waals surface area contributed by atoms with E-state index in [2.05, 4.69) is 0 Å². The second kappa shape index (κ2) is 11.4. The van der Waals surface area contributed by atoms with Crippen molar-refractivity contribution in [3.8, 4) is 5.75 Å². The van der Waals surface area contributed by atoms with Crippen LogP contribution < -0.4 is 9.64 Å². The van der Waals surface area contributed by atoms with Gasteiger partial charge in [0.2, 0.25) is 23.6 Å². The number of likely N-dealkylation sites (tertiary alicyclic amines) is 1.